The Balaban J connectivity index is 0.652. The van der Waals surface area contributed by atoms with Crippen molar-refractivity contribution >= 4 is 72.1 Å². The maximum Gasteiger partial charge on any atom is 0.345 e. The zero-order chi connectivity index (χ0) is 78.1. The van der Waals surface area contributed by atoms with Crippen LogP contribution in [0.15, 0.2) is 366 Å². The number of fused-ring (bicyclic) bond motifs is 2. The van der Waals surface area contributed by atoms with Crippen molar-refractivity contribution in [3.63, 3.8) is 0 Å². The van der Waals surface area contributed by atoms with E-state index in [1.165, 1.54) is 18.2 Å². The second-order valence-corrected chi connectivity index (χ2v) is 34.1. The summed E-state index contributed by atoms with van der Waals surface area (Å²) in [5.74, 6) is -3.45. The van der Waals surface area contributed by atoms with Crippen LogP contribution in [-0.4, -0.2) is 44.8 Å². The van der Waals surface area contributed by atoms with Crippen LogP contribution in [0.5, 0.6) is 23.0 Å². The third kappa shape index (κ3) is 17.6. The Morgan fingerprint density at radius 3 is 1.18 bits per heavy atom. The van der Waals surface area contributed by atoms with Gasteiger partial charge in [-0.15, -0.1) is 0 Å². The summed E-state index contributed by atoms with van der Waals surface area (Å²) in [5, 5.41) is 3.70. The van der Waals surface area contributed by atoms with E-state index in [4.69, 9.17) is 33.2 Å². The molecule has 0 radical (unpaired) electrons. The number of esters is 3. The van der Waals surface area contributed by atoms with Crippen LogP contribution in [0.2, 0.25) is 0 Å². The molecule has 0 spiro atoms. The Bertz CT molecular complexity index is 5690. The van der Waals surface area contributed by atoms with Gasteiger partial charge in [-0.3, -0.25) is 0 Å². The number of rotatable bonds is 27. The highest BCUT2D eigenvalue weighted by atomic mass is 32.2. The zero-order valence-electron chi connectivity index (χ0n) is 62.7. The summed E-state index contributed by atoms with van der Waals surface area (Å²) in [6.45, 7) is 9.18. The van der Waals surface area contributed by atoms with E-state index in [0.29, 0.717) is 5.75 Å². The molecular weight excluding hydrogens is 1470 g/mol. The summed E-state index contributed by atoms with van der Waals surface area (Å²) < 4.78 is 88.6. The first kappa shape index (κ1) is 76.8. The van der Waals surface area contributed by atoms with Gasteiger partial charge in [0.1, 0.15) is 33.4 Å². The minimum atomic E-state index is -1.15. The molecule has 14 aromatic rings. The minimum absolute atomic E-state index is 0.0500. The van der Waals surface area contributed by atoms with Gasteiger partial charge in [0.25, 0.3) is 0 Å². The summed E-state index contributed by atoms with van der Waals surface area (Å²) in [5.41, 5.74) is 2.68. The molecule has 0 bridgehead atoms. The minimum Gasteiger partial charge on any atom is -0.497 e. The molecule has 14 aromatic carbocycles. The van der Waals surface area contributed by atoms with Crippen molar-refractivity contribution in [3.8, 4) is 45.3 Å². The topological polar surface area (TPSA) is 116 Å². The standard InChI is InChI=1S/C96H80F3O10S3/c1-94(2,69-42-45-72(103-7)46-43-69)107-91(100)61-104-88-59-79(48-52-85(88)98)111(75-30-16-10-17-31-75)77-34-22-24-66(57-77)81-36-23-25-65-55-71(44-50-82(65)81)96(5,6)109-93(102)63-106-89-60-80(49-53-86(89)99)112(76-32-18-11-19-33-76)90-37-21-20-35-83(90)67-39-38-64-40-41-70(56-68(64)54-67)95(3,4)108-92(101)62-105-87-58-78(47-51-84(87)97)110(73-26-12-8-13-27-73)74-28-14-9-15-29-74/h8-60H,61-63H2,1-7H3/q+3. The van der Waals surface area contributed by atoms with Crippen LogP contribution in [0, 0.1) is 17.5 Å². The van der Waals surface area contributed by atoms with Gasteiger partial charge in [0.05, 0.1) is 28.9 Å². The summed E-state index contributed by atoms with van der Waals surface area (Å²) >= 11 is 0. The van der Waals surface area contributed by atoms with Crippen LogP contribution in [0.3, 0.4) is 0 Å². The normalized spacial score (nSPS) is 12.2. The van der Waals surface area contributed by atoms with Crippen molar-refractivity contribution in [2.75, 3.05) is 26.9 Å². The second-order valence-electron chi connectivity index (χ2n) is 28.0. The van der Waals surface area contributed by atoms with E-state index in [2.05, 4.69) is 54.6 Å². The fourth-order valence-electron chi connectivity index (χ4n) is 13.5. The monoisotopic (exact) mass is 1550 g/mol. The van der Waals surface area contributed by atoms with Gasteiger partial charge in [-0.1, -0.05) is 164 Å². The second kappa shape index (κ2) is 33.7. The fourth-order valence-corrected chi connectivity index (χ4v) is 20.0. The first-order valence-corrected chi connectivity index (χ1v) is 40.1. The number of benzene rings is 14. The summed E-state index contributed by atoms with van der Waals surface area (Å²) in [6.07, 6.45) is 0. The number of hydrogen-bond donors (Lipinski definition) is 0. The third-order valence-corrected chi connectivity index (χ3v) is 25.8. The molecule has 16 heteroatoms. The summed E-state index contributed by atoms with van der Waals surface area (Å²) in [7, 11) is -0.588. The first-order chi connectivity index (χ1) is 54.1. The lowest BCUT2D eigenvalue weighted by atomic mass is 9.92. The van der Waals surface area contributed by atoms with Crippen molar-refractivity contribution in [2.24, 2.45) is 0 Å². The lowest BCUT2D eigenvalue weighted by Gasteiger charge is -2.26. The maximum atomic E-state index is 16.2. The Labute approximate surface area is 658 Å². The Morgan fingerprint density at radius 1 is 0.304 bits per heavy atom. The molecule has 0 aliphatic rings. The third-order valence-electron chi connectivity index (χ3n) is 19.2. The molecule has 2 unspecified atom stereocenters. The Morgan fingerprint density at radius 2 is 0.679 bits per heavy atom. The molecular formula is C96H80F3O10S3+3. The maximum absolute atomic E-state index is 16.2. The number of ether oxygens (including phenoxy) is 7. The predicted octanol–water partition coefficient (Wildman–Crippen LogP) is 22.6. The number of methoxy groups -OCH3 is 1. The Kier molecular flexibility index (Phi) is 23.1. The van der Waals surface area contributed by atoms with E-state index < -0.39 is 105 Å². The largest absolute Gasteiger partial charge is 0.497 e. The van der Waals surface area contributed by atoms with Gasteiger partial charge in [0, 0.05) is 29.8 Å². The first-order valence-electron chi connectivity index (χ1n) is 36.4. The van der Waals surface area contributed by atoms with E-state index in [-0.39, 0.29) is 17.2 Å². The van der Waals surface area contributed by atoms with Crippen molar-refractivity contribution in [2.45, 2.75) is 102 Å². The molecule has 0 saturated carbocycles. The van der Waals surface area contributed by atoms with Gasteiger partial charge in [0.2, 0.25) is 0 Å². The van der Waals surface area contributed by atoms with Crippen LogP contribution >= 0.6 is 0 Å². The zero-order valence-corrected chi connectivity index (χ0v) is 65.1. The predicted molar refractivity (Wildman–Crippen MR) is 437 cm³/mol. The van der Waals surface area contributed by atoms with E-state index in [1.54, 1.807) is 83.3 Å². The molecule has 0 aliphatic carbocycles. The lowest BCUT2D eigenvalue weighted by molar-refractivity contribution is -0.161. The summed E-state index contributed by atoms with van der Waals surface area (Å²) in [4.78, 5) is 49.3. The van der Waals surface area contributed by atoms with Crippen LogP contribution in [-0.2, 0) is 78.1 Å². The highest BCUT2D eigenvalue weighted by molar-refractivity contribution is 7.97. The van der Waals surface area contributed by atoms with Gasteiger partial charge in [0.15, 0.2) is 98.6 Å². The number of carbonyl (C=O) groups is 3. The van der Waals surface area contributed by atoms with Gasteiger partial charge in [-0.25, -0.2) is 27.6 Å². The number of hydrogen-bond acceptors (Lipinski definition) is 10. The molecule has 10 nitrogen and oxygen atoms in total. The van der Waals surface area contributed by atoms with E-state index in [1.807, 2.05) is 214 Å². The average molecular weight is 1550 g/mol. The molecule has 560 valence electrons. The van der Waals surface area contributed by atoms with Gasteiger partial charge < -0.3 is 33.2 Å². The molecule has 0 amide bonds. The fraction of sp³-hybridized carbons (Fsp3) is 0.135. The van der Waals surface area contributed by atoms with Crippen LogP contribution in [0.25, 0.3) is 43.8 Å². The van der Waals surface area contributed by atoms with E-state index >= 15 is 13.2 Å². The molecule has 2 atom stereocenters. The smallest absolute Gasteiger partial charge is 0.345 e. The number of halogens is 3. The lowest BCUT2D eigenvalue weighted by Crippen LogP contribution is -2.28. The van der Waals surface area contributed by atoms with Crippen molar-refractivity contribution in [1.29, 1.82) is 0 Å². The van der Waals surface area contributed by atoms with Gasteiger partial charge in [-0.2, -0.15) is 0 Å². The highest BCUT2D eigenvalue weighted by Gasteiger charge is 2.37. The molecule has 112 heavy (non-hydrogen) atoms. The molecule has 14 rings (SSSR count). The highest BCUT2D eigenvalue weighted by Crippen LogP contribution is 2.44. The average Bonchev–Trinajstić information content (AvgIpc) is 0.778. The summed E-state index contributed by atoms with van der Waals surface area (Å²) in [6, 6.07) is 102. The van der Waals surface area contributed by atoms with E-state index in [9.17, 15) is 14.4 Å². The van der Waals surface area contributed by atoms with Crippen molar-refractivity contribution in [1.82, 2.24) is 0 Å². The van der Waals surface area contributed by atoms with Crippen molar-refractivity contribution < 1.29 is 60.7 Å². The van der Waals surface area contributed by atoms with Crippen LogP contribution < -0.4 is 18.9 Å². The van der Waals surface area contributed by atoms with Gasteiger partial charge >= 0.3 is 17.9 Å². The molecule has 0 fully saturated rings. The molecule has 0 N–H and O–H groups in total. The van der Waals surface area contributed by atoms with Gasteiger partial charge in [-0.05, 0) is 230 Å². The Hall–Kier alpha value is -12.0. The molecule has 0 heterocycles. The SMILES string of the molecule is COc1ccc(C(C)(C)OC(=O)COc2cc([S+](c3ccccc3)c3cccc(-c4cccc5cc(C(C)(C)OC(=O)COc6cc([S+](c7ccccc7)c7ccccc7-c7ccc8ccc(C(C)(C)OC(=O)COc9cc([S+](c%10ccccc%10)c%10ccccc%10)ccc9F)cc8c7)ccc6F)ccc45)c3)ccc2F)cc1. The quantitative estimate of drug-likeness (QED) is 0.0280. The number of carbonyl (C=O) groups excluding carboxylic acids is 3. The molecule has 0 saturated heterocycles. The van der Waals surface area contributed by atoms with Crippen LogP contribution in [0.4, 0.5) is 13.2 Å². The van der Waals surface area contributed by atoms with Crippen LogP contribution in [0.1, 0.15) is 58.2 Å². The molecule has 0 aromatic heterocycles. The van der Waals surface area contributed by atoms with Crippen molar-refractivity contribution in [3.05, 3.63) is 356 Å². The van der Waals surface area contributed by atoms with E-state index in [0.717, 1.165) is 105 Å². The molecule has 0 aliphatic heterocycles.